The summed E-state index contributed by atoms with van der Waals surface area (Å²) in [6.07, 6.45) is 3.27. The Kier molecular flexibility index (Phi) is 4.92. The van der Waals surface area contributed by atoms with Crippen molar-refractivity contribution >= 4 is 85.6 Å². The summed E-state index contributed by atoms with van der Waals surface area (Å²) in [6, 6.07) is 10.8. The molecule has 2 heterocycles. The molecule has 4 aromatic rings. The van der Waals surface area contributed by atoms with Crippen LogP contribution in [0.4, 0.5) is 0 Å². The van der Waals surface area contributed by atoms with E-state index in [2.05, 4.69) is 32.3 Å². The Morgan fingerprint density at radius 1 is 0.808 bits per heavy atom. The highest BCUT2D eigenvalue weighted by molar-refractivity contribution is 9.08. The van der Waals surface area contributed by atoms with Crippen molar-refractivity contribution < 1.29 is 13.6 Å². The van der Waals surface area contributed by atoms with Gasteiger partial charge in [-0.1, -0.05) is 35.3 Å². The zero-order valence-electron chi connectivity index (χ0n) is 12.7. The number of fused-ring (bicyclic) bond motifs is 2. The van der Waals surface area contributed by atoms with E-state index < -0.39 is 8.25 Å². The van der Waals surface area contributed by atoms with Crippen molar-refractivity contribution in [2.24, 2.45) is 0 Å². The van der Waals surface area contributed by atoms with E-state index in [9.17, 15) is 4.57 Å². The highest BCUT2D eigenvalue weighted by atomic mass is 79.9. The Labute approximate surface area is 176 Å². The molecule has 0 aliphatic heterocycles. The molecule has 0 amide bonds. The number of hydrogen-bond acceptors (Lipinski definition) is 3. The lowest BCUT2D eigenvalue weighted by molar-refractivity contribution is 0.419. The Hall–Kier alpha value is -1.24. The van der Waals surface area contributed by atoms with Gasteiger partial charge in [-0.15, -0.1) is 0 Å². The molecule has 5 nitrogen and oxygen atoms in total. The van der Waals surface area contributed by atoms with Crippen LogP contribution in [0, 0.1) is 0 Å². The minimum Gasteiger partial charge on any atom is -0.280 e. The standard InChI is InChI=1S/C16H8Br2Cl2N2O3P/c17-21-7-13(15-9(19)3-1-5-11(15)21)24-26(23)25-14-8-22(18)12-6-2-4-10(20)16(12)14/h1-8H/q+1. The molecular formula is C16H8Br2Cl2N2O3P+. The number of rotatable bonds is 4. The molecule has 0 atom stereocenters. The summed E-state index contributed by atoms with van der Waals surface area (Å²) >= 11 is 19.2. The fourth-order valence-corrected chi connectivity index (χ4v) is 4.78. The Bertz CT molecular complexity index is 1090. The van der Waals surface area contributed by atoms with Crippen molar-refractivity contribution in [2.45, 2.75) is 0 Å². The van der Waals surface area contributed by atoms with Crippen LogP contribution in [0.5, 0.6) is 11.5 Å². The molecule has 0 saturated carbocycles. The first-order chi connectivity index (χ1) is 12.5. The molecule has 132 valence electrons. The van der Waals surface area contributed by atoms with E-state index in [1.165, 1.54) is 0 Å². The number of benzene rings is 2. The van der Waals surface area contributed by atoms with Crippen molar-refractivity contribution in [2.75, 3.05) is 0 Å². The van der Waals surface area contributed by atoms with Gasteiger partial charge < -0.3 is 0 Å². The first-order valence-electron chi connectivity index (χ1n) is 7.20. The zero-order valence-corrected chi connectivity index (χ0v) is 18.3. The second kappa shape index (κ2) is 7.06. The van der Waals surface area contributed by atoms with Gasteiger partial charge in [0.2, 0.25) is 11.5 Å². The van der Waals surface area contributed by atoms with Gasteiger partial charge in [-0.2, -0.15) is 0 Å². The van der Waals surface area contributed by atoms with E-state index in [0.717, 1.165) is 11.0 Å². The molecule has 0 saturated heterocycles. The van der Waals surface area contributed by atoms with E-state index in [0.29, 0.717) is 32.3 Å². The monoisotopic (exact) mass is 535 g/mol. The number of hydrogen-bond donors (Lipinski definition) is 0. The molecule has 10 heteroatoms. The van der Waals surface area contributed by atoms with Crippen molar-refractivity contribution in [1.29, 1.82) is 0 Å². The topological polar surface area (TPSA) is 45.4 Å². The van der Waals surface area contributed by atoms with Gasteiger partial charge >= 0.3 is 8.25 Å². The SMILES string of the molecule is O=[P+](Oc1cn(Br)c2cccc(Cl)c12)Oc1cn(Br)c2cccc(Cl)c12. The molecule has 0 bridgehead atoms. The molecule has 0 unspecified atom stereocenters. The lowest BCUT2D eigenvalue weighted by Crippen LogP contribution is -1.88. The van der Waals surface area contributed by atoms with Gasteiger partial charge in [-0.25, -0.2) is 9.05 Å². The van der Waals surface area contributed by atoms with Crippen LogP contribution >= 0.6 is 63.8 Å². The van der Waals surface area contributed by atoms with Crippen molar-refractivity contribution in [3.05, 3.63) is 58.8 Å². The largest absolute Gasteiger partial charge is 0.805 e. The summed E-state index contributed by atoms with van der Waals surface area (Å²) in [4.78, 5) is 0. The molecule has 2 aromatic heterocycles. The van der Waals surface area contributed by atoms with Crippen LogP contribution in [-0.4, -0.2) is 7.19 Å². The fraction of sp³-hybridized carbons (Fsp3) is 0. The summed E-state index contributed by atoms with van der Waals surface area (Å²) in [5.41, 5.74) is 1.58. The van der Waals surface area contributed by atoms with Crippen LogP contribution in [-0.2, 0) is 4.57 Å². The average molecular weight is 538 g/mol. The molecule has 0 aliphatic carbocycles. The number of aromatic nitrogens is 2. The van der Waals surface area contributed by atoms with Crippen LogP contribution in [0.15, 0.2) is 48.8 Å². The lowest BCUT2D eigenvalue weighted by Gasteiger charge is -1.96. The predicted molar refractivity (Wildman–Crippen MR) is 111 cm³/mol. The second-order valence-electron chi connectivity index (χ2n) is 5.28. The molecule has 0 spiro atoms. The molecule has 26 heavy (non-hydrogen) atoms. The number of nitrogens with zero attached hydrogens (tertiary/aromatic N) is 2. The van der Waals surface area contributed by atoms with E-state index in [1.807, 2.05) is 24.3 Å². The average Bonchev–Trinajstić information content (AvgIpc) is 3.07. The highest BCUT2D eigenvalue weighted by Crippen LogP contribution is 2.43. The summed E-state index contributed by atoms with van der Waals surface area (Å²) < 4.78 is 26.8. The van der Waals surface area contributed by atoms with Gasteiger partial charge in [0.25, 0.3) is 0 Å². The summed E-state index contributed by atoms with van der Waals surface area (Å²) in [7, 11) is -2.51. The van der Waals surface area contributed by atoms with Crippen LogP contribution in [0.1, 0.15) is 0 Å². The van der Waals surface area contributed by atoms with Crippen LogP contribution in [0.2, 0.25) is 10.0 Å². The van der Waals surface area contributed by atoms with E-state index in [4.69, 9.17) is 32.2 Å². The number of halogens is 4. The fourth-order valence-electron chi connectivity index (χ4n) is 2.66. The lowest BCUT2D eigenvalue weighted by atomic mass is 10.2. The minimum atomic E-state index is -2.51. The summed E-state index contributed by atoms with van der Waals surface area (Å²) in [6.45, 7) is 0. The summed E-state index contributed by atoms with van der Waals surface area (Å²) in [5.74, 6) is 0.689. The molecule has 0 N–H and O–H groups in total. The maximum Gasteiger partial charge on any atom is 0.805 e. The van der Waals surface area contributed by atoms with E-state index >= 15 is 0 Å². The molecule has 4 rings (SSSR count). The molecule has 2 aromatic carbocycles. The third kappa shape index (κ3) is 3.12. The van der Waals surface area contributed by atoms with Gasteiger partial charge in [-0.3, -0.25) is 7.19 Å². The van der Waals surface area contributed by atoms with Gasteiger partial charge in [-0.05, 0) is 24.3 Å². The minimum absolute atomic E-state index is 0.345. The predicted octanol–water partition coefficient (Wildman–Crippen LogP) is 7.33. The first-order valence-corrected chi connectivity index (χ1v) is 10.5. The van der Waals surface area contributed by atoms with Gasteiger partial charge in [0.1, 0.15) is 0 Å². The Morgan fingerprint density at radius 3 is 1.65 bits per heavy atom. The van der Waals surface area contributed by atoms with Crippen LogP contribution in [0.3, 0.4) is 0 Å². The summed E-state index contributed by atoms with van der Waals surface area (Å²) in [5, 5.41) is 2.25. The smallest absolute Gasteiger partial charge is 0.280 e. The molecule has 0 radical (unpaired) electrons. The molecule has 0 aliphatic rings. The van der Waals surface area contributed by atoms with Gasteiger partial charge in [0, 0.05) is 4.57 Å². The van der Waals surface area contributed by atoms with Crippen LogP contribution < -0.4 is 9.05 Å². The van der Waals surface area contributed by atoms with E-state index in [1.54, 1.807) is 31.7 Å². The Balaban J connectivity index is 1.67. The Morgan fingerprint density at radius 2 is 1.23 bits per heavy atom. The maximum absolute atomic E-state index is 12.5. The highest BCUT2D eigenvalue weighted by Gasteiger charge is 2.30. The van der Waals surface area contributed by atoms with Gasteiger partial charge in [0.15, 0.2) is 0 Å². The second-order valence-corrected chi connectivity index (χ2v) is 8.44. The van der Waals surface area contributed by atoms with Crippen molar-refractivity contribution in [1.82, 2.24) is 7.19 Å². The third-order valence-corrected chi connectivity index (χ3v) is 6.24. The quantitative estimate of drug-likeness (QED) is 0.256. The first kappa shape index (κ1) is 18.1. The normalized spacial score (nSPS) is 11.2. The van der Waals surface area contributed by atoms with Crippen LogP contribution in [0.25, 0.3) is 21.8 Å². The third-order valence-electron chi connectivity index (χ3n) is 3.74. The maximum atomic E-state index is 12.5. The van der Waals surface area contributed by atoms with E-state index in [-0.39, 0.29) is 0 Å². The van der Waals surface area contributed by atoms with Gasteiger partial charge in [0.05, 0.1) is 76.5 Å². The van der Waals surface area contributed by atoms with Crippen molar-refractivity contribution in [3.8, 4) is 11.5 Å². The molecule has 0 fully saturated rings. The molecular weight excluding hydrogens is 530 g/mol. The zero-order chi connectivity index (χ0) is 18.4. The van der Waals surface area contributed by atoms with Crippen molar-refractivity contribution in [3.63, 3.8) is 0 Å².